The molecule has 6 rings (SSSR count). The normalized spacial score (nSPS) is 21.6. The lowest BCUT2D eigenvalue weighted by atomic mass is 9.95. The van der Waals surface area contributed by atoms with E-state index >= 15 is 0 Å². The molecule has 0 radical (unpaired) electrons. The number of aromatic nitrogens is 4. The van der Waals surface area contributed by atoms with Crippen LogP contribution in [0.15, 0.2) is 18.2 Å². The van der Waals surface area contributed by atoms with Crippen LogP contribution in [0.4, 0.5) is 13.2 Å². The highest BCUT2D eigenvalue weighted by atomic mass is 19.4. The van der Waals surface area contributed by atoms with E-state index in [1.807, 2.05) is 4.90 Å². The van der Waals surface area contributed by atoms with Gasteiger partial charge in [0, 0.05) is 37.0 Å². The van der Waals surface area contributed by atoms with Crippen LogP contribution in [0.2, 0.25) is 0 Å². The van der Waals surface area contributed by atoms with Crippen molar-refractivity contribution in [2.45, 2.75) is 69.7 Å². The number of alkyl halides is 3. The summed E-state index contributed by atoms with van der Waals surface area (Å²) in [6.07, 6.45) is 2.48. The van der Waals surface area contributed by atoms with Crippen LogP contribution in [0, 0.1) is 0 Å². The molecule has 2 aliphatic heterocycles. The zero-order valence-electron chi connectivity index (χ0n) is 19.4. The summed E-state index contributed by atoms with van der Waals surface area (Å²) >= 11 is 0. The number of halogens is 3. The predicted octanol–water partition coefficient (Wildman–Crippen LogP) is 4.99. The molecule has 7 nitrogen and oxygen atoms in total. The first-order valence-corrected chi connectivity index (χ1v) is 12.5. The molecular weight excluding hydrogens is 459 g/mol. The van der Waals surface area contributed by atoms with Gasteiger partial charge in [0.05, 0.1) is 16.6 Å². The Morgan fingerprint density at radius 1 is 1.09 bits per heavy atom. The van der Waals surface area contributed by atoms with Gasteiger partial charge in [-0.15, -0.1) is 0 Å². The number of aryl methyl sites for hydroxylation is 1. The van der Waals surface area contributed by atoms with Crippen molar-refractivity contribution < 1.29 is 22.7 Å². The second-order valence-corrected chi connectivity index (χ2v) is 9.80. The van der Waals surface area contributed by atoms with Crippen LogP contribution in [0.5, 0.6) is 0 Å². The number of hydrogen-bond donors (Lipinski definition) is 1. The average molecular weight is 488 g/mol. The Balaban J connectivity index is 1.27. The first kappa shape index (κ1) is 22.6. The third-order valence-electron chi connectivity index (χ3n) is 7.64. The predicted molar refractivity (Wildman–Crippen MR) is 122 cm³/mol. The van der Waals surface area contributed by atoms with Crippen molar-refractivity contribution in [3.63, 3.8) is 0 Å². The number of benzene rings is 1. The van der Waals surface area contributed by atoms with Crippen LogP contribution in [0.1, 0.15) is 83.8 Å². The van der Waals surface area contributed by atoms with E-state index < -0.39 is 11.7 Å². The SMILES string of the molecule is O=C(c1n[nH]c2c1CCCC2)N1CCC(n2c(C3CCCO3)nc3cc(C(F)(F)F)ccc32)CC1. The van der Waals surface area contributed by atoms with Gasteiger partial charge in [-0.05, 0) is 69.6 Å². The Morgan fingerprint density at radius 2 is 1.89 bits per heavy atom. The molecule has 1 unspecified atom stereocenters. The van der Waals surface area contributed by atoms with E-state index in [-0.39, 0.29) is 18.1 Å². The number of amides is 1. The lowest BCUT2D eigenvalue weighted by Crippen LogP contribution is -2.40. The molecule has 4 heterocycles. The molecule has 186 valence electrons. The summed E-state index contributed by atoms with van der Waals surface area (Å²) in [6.45, 7) is 1.76. The summed E-state index contributed by atoms with van der Waals surface area (Å²) in [5.41, 5.74) is 3.02. The van der Waals surface area contributed by atoms with Gasteiger partial charge < -0.3 is 14.2 Å². The fraction of sp³-hybridized carbons (Fsp3) is 0.560. The molecule has 2 fully saturated rings. The lowest BCUT2D eigenvalue weighted by molar-refractivity contribution is -0.137. The standard InChI is InChI=1S/C25H28F3N5O2/c26-25(27,28)15-7-8-20-19(14-15)29-23(21-6-3-13-35-21)33(20)16-9-11-32(12-10-16)24(34)22-17-4-1-2-5-18(17)30-31-22/h7-8,14,16,21H,1-6,9-13H2,(H,30,31). The fourth-order valence-corrected chi connectivity index (χ4v) is 5.82. The van der Waals surface area contributed by atoms with Crippen LogP contribution < -0.4 is 0 Å². The van der Waals surface area contributed by atoms with Gasteiger partial charge in [-0.1, -0.05) is 0 Å². The molecule has 1 aromatic carbocycles. The number of ether oxygens (including phenoxy) is 1. The van der Waals surface area contributed by atoms with Crippen molar-refractivity contribution in [2.75, 3.05) is 19.7 Å². The highest BCUT2D eigenvalue weighted by molar-refractivity contribution is 5.94. The number of carbonyl (C=O) groups excluding carboxylic acids is 1. The fourth-order valence-electron chi connectivity index (χ4n) is 5.82. The number of fused-ring (bicyclic) bond motifs is 2. The largest absolute Gasteiger partial charge is 0.416 e. The van der Waals surface area contributed by atoms with Crippen LogP contribution >= 0.6 is 0 Å². The summed E-state index contributed by atoms with van der Waals surface area (Å²) in [6, 6.07) is 3.81. The maximum atomic E-state index is 13.3. The minimum Gasteiger partial charge on any atom is -0.370 e. The Bertz CT molecular complexity index is 1250. The number of nitrogens with one attached hydrogen (secondary N) is 1. The van der Waals surface area contributed by atoms with Crippen molar-refractivity contribution in [2.24, 2.45) is 0 Å². The maximum Gasteiger partial charge on any atom is 0.416 e. The topological polar surface area (TPSA) is 76.0 Å². The van der Waals surface area contributed by atoms with Gasteiger partial charge in [0.25, 0.3) is 5.91 Å². The molecule has 2 aromatic heterocycles. The second-order valence-electron chi connectivity index (χ2n) is 9.80. The summed E-state index contributed by atoms with van der Waals surface area (Å²) in [4.78, 5) is 19.7. The average Bonchev–Trinajstić information content (AvgIpc) is 3.61. The van der Waals surface area contributed by atoms with E-state index in [1.165, 1.54) is 6.07 Å². The molecular formula is C25H28F3N5O2. The molecule has 1 N–H and O–H groups in total. The van der Waals surface area contributed by atoms with Gasteiger partial charge in [0.1, 0.15) is 11.9 Å². The van der Waals surface area contributed by atoms with Crippen molar-refractivity contribution in [3.05, 3.63) is 46.5 Å². The summed E-state index contributed by atoms with van der Waals surface area (Å²) in [7, 11) is 0. The van der Waals surface area contributed by atoms with Gasteiger partial charge in [-0.25, -0.2) is 4.98 Å². The highest BCUT2D eigenvalue weighted by Crippen LogP contribution is 2.38. The molecule has 0 spiro atoms. The van der Waals surface area contributed by atoms with E-state index in [9.17, 15) is 18.0 Å². The summed E-state index contributed by atoms with van der Waals surface area (Å²) in [5.74, 6) is 0.662. The molecule has 3 aromatic rings. The van der Waals surface area contributed by atoms with Crippen LogP contribution in [0.3, 0.4) is 0 Å². The minimum atomic E-state index is -4.42. The molecule has 35 heavy (non-hydrogen) atoms. The number of hydrogen-bond acceptors (Lipinski definition) is 4. The van der Waals surface area contributed by atoms with Gasteiger partial charge in [0.2, 0.25) is 0 Å². The molecule has 0 bridgehead atoms. The Morgan fingerprint density at radius 3 is 2.63 bits per heavy atom. The number of aromatic amines is 1. The lowest BCUT2D eigenvalue weighted by Gasteiger charge is -2.34. The van der Waals surface area contributed by atoms with Crippen LogP contribution in [-0.2, 0) is 23.8 Å². The van der Waals surface area contributed by atoms with Crippen molar-refractivity contribution in [1.82, 2.24) is 24.6 Å². The Labute approximate surface area is 200 Å². The number of nitrogens with zero attached hydrogens (tertiary/aromatic N) is 4. The summed E-state index contributed by atoms with van der Waals surface area (Å²) in [5, 5.41) is 7.38. The van der Waals surface area contributed by atoms with E-state index in [0.717, 1.165) is 61.9 Å². The Kier molecular flexibility index (Phi) is 5.58. The van der Waals surface area contributed by atoms with E-state index in [1.54, 1.807) is 0 Å². The smallest absolute Gasteiger partial charge is 0.370 e. The van der Waals surface area contributed by atoms with Gasteiger partial charge in [-0.3, -0.25) is 9.89 Å². The molecule has 1 aliphatic carbocycles. The second kappa shape index (κ2) is 8.65. The molecule has 2 saturated heterocycles. The van der Waals surface area contributed by atoms with Gasteiger partial charge in [-0.2, -0.15) is 18.3 Å². The zero-order valence-corrected chi connectivity index (χ0v) is 19.4. The molecule has 3 aliphatic rings. The number of likely N-dealkylation sites (tertiary alicyclic amines) is 1. The first-order chi connectivity index (χ1) is 16.9. The monoisotopic (exact) mass is 487 g/mol. The van der Waals surface area contributed by atoms with E-state index in [0.29, 0.717) is 55.1 Å². The number of imidazole rings is 1. The van der Waals surface area contributed by atoms with Crippen molar-refractivity contribution in [3.8, 4) is 0 Å². The third-order valence-corrected chi connectivity index (χ3v) is 7.64. The summed E-state index contributed by atoms with van der Waals surface area (Å²) < 4.78 is 47.9. The van der Waals surface area contributed by atoms with Gasteiger partial charge >= 0.3 is 6.18 Å². The van der Waals surface area contributed by atoms with Gasteiger partial charge in [0.15, 0.2) is 5.69 Å². The number of piperidine rings is 1. The maximum absolute atomic E-state index is 13.3. The number of carbonyl (C=O) groups is 1. The molecule has 1 amide bonds. The van der Waals surface area contributed by atoms with Crippen molar-refractivity contribution >= 4 is 16.9 Å². The highest BCUT2D eigenvalue weighted by Gasteiger charge is 2.35. The molecule has 1 atom stereocenters. The quantitative estimate of drug-likeness (QED) is 0.565. The number of rotatable bonds is 3. The molecule has 10 heteroatoms. The third kappa shape index (κ3) is 4.01. The van der Waals surface area contributed by atoms with Crippen LogP contribution in [0.25, 0.3) is 11.0 Å². The Hall–Kier alpha value is -2.88. The van der Waals surface area contributed by atoms with E-state index in [4.69, 9.17) is 4.74 Å². The van der Waals surface area contributed by atoms with E-state index in [2.05, 4.69) is 19.7 Å². The van der Waals surface area contributed by atoms with Crippen LogP contribution in [-0.4, -0.2) is 50.3 Å². The number of H-pyrrole nitrogens is 1. The van der Waals surface area contributed by atoms with Crippen molar-refractivity contribution in [1.29, 1.82) is 0 Å². The minimum absolute atomic E-state index is 0.0347. The first-order valence-electron chi connectivity index (χ1n) is 12.5. The zero-order chi connectivity index (χ0) is 24.2. The molecule has 0 saturated carbocycles.